The molecule has 0 radical (unpaired) electrons. The molecule has 0 heterocycles. The van der Waals surface area contributed by atoms with Gasteiger partial charge in [0.2, 0.25) is 0 Å². The topological polar surface area (TPSA) is 56.7 Å². The number of nitrogens with zero attached hydrogens (tertiary/aromatic N) is 1. The zero-order valence-electron chi connectivity index (χ0n) is 16.1. The number of guanidine groups is 1. The zero-order valence-corrected chi connectivity index (χ0v) is 18.4. The maximum Gasteiger partial charge on any atom is 0.191 e. The lowest BCUT2D eigenvalue weighted by Crippen LogP contribution is -2.40. The summed E-state index contributed by atoms with van der Waals surface area (Å²) in [4.78, 5) is 4.70. The van der Waals surface area contributed by atoms with Crippen LogP contribution in [0, 0.1) is 17.0 Å². The van der Waals surface area contributed by atoms with Gasteiger partial charge in [0.25, 0.3) is 0 Å². The fourth-order valence-electron chi connectivity index (χ4n) is 3.69. The van der Waals surface area contributed by atoms with Crippen LogP contribution < -0.4 is 10.6 Å². The molecule has 3 N–H and O–H groups in total. The first-order chi connectivity index (χ1) is 12.6. The molecule has 0 spiro atoms. The van der Waals surface area contributed by atoms with Gasteiger partial charge in [-0.15, -0.1) is 24.0 Å². The summed E-state index contributed by atoms with van der Waals surface area (Å²) in [6.45, 7) is 3.95. The van der Waals surface area contributed by atoms with Crippen LogP contribution in [0.3, 0.4) is 0 Å². The molecule has 0 aromatic heterocycles. The minimum absolute atomic E-state index is 0. The summed E-state index contributed by atoms with van der Waals surface area (Å²) >= 11 is 0. The van der Waals surface area contributed by atoms with Crippen LogP contribution in [0.15, 0.2) is 23.2 Å². The van der Waals surface area contributed by atoms with Crippen molar-refractivity contribution < 1.29 is 13.9 Å². The van der Waals surface area contributed by atoms with Crippen molar-refractivity contribution in [2.24, 2.45) is 10.4 Å². The second kappa shape index (κ2) is 12.5. The second-order valence-corrected chi connectivity index (χ2v) is 7.11. The maximum absolute atomic E-state index is 13.7. The van der Waals surface area contributed by atoms with E-state index in [4.69, 9.17) is 4.99 Å². The van der Waals surface area contributed by atoms with Crippen molar-refractivity contribution in [2.45, 2.75) is 51.9 Å². The molecule has 1 saturated carbocycles. The van der Waals surface area contributed by atoms with Crippen molar-refractivity contribution in [1.29, 1.82) is 0 Å². The quantitative estimate of drug-likeness (QED) is 0.290. The molecule has 0 bridgehead atoms. The summed E-state index contributed by atoms with van der Waals surface area (Å²) in [5.41, 5.74) is 0.173. The zero-order chi connectivity index (χ0) is 18.8. The molecule has 1 aromatic rings. The fourth-order valence-corrected chi connectivity index (χ4v) is 3.69. The number of aliphatic hydroxyl groups is 1. The molecule has 1 aliphatic carbocycles. The van der Waals surface area contributed by atoms with Crippen molar-refractivity contribution in [1.82, 2.24) is 10.6 Å². The van der Waals surface area contributed by atoms with Gasteiger partial charge in [0.15, 0.2) is 5.96 Å². The predicted octanol–water partition coefficient (Wildman–Crippen LogP) is 4.01. The van der Waals surface area contributed by atoms with Crippen LogP contribution in [0.25, 0.3) is 0 Å². The Morgan fingerprint density at radius 3 is 2.41 bits per heavy atom. The SMILES string of the molecule is CCNC(=NCC1(CCO)CCCCC1)NCCc1c(F)cccc1F.I. The average molecular weight is 495 g/mol. The highest BCUT2D eigenvalue weighted by molar-refractivity contribution is 14.0. The van der Waals surface area contributed by atoms with Crippen molar-refractivity contribution >= 4 is 29.9 Å². The van der Waals surface area contributed by atoms with Crippen LogP contribution in [0.2, 0.25) is 0 Å². The molecule has 27 heavy (non-hydrogen) atoms. The van der Waals surface area contributed by atoms with Crippen molar-refractivity contribution in [3.63, 3.8) is 0 Å². The minimum atomic E-state index is -0.516. The number of nitrogens with one attached hydrogen (secondary N) is 2. The van der Waals surface area contributed by atoms with Gasteiger partial charge in [-0.05, 0) is 50.2 Å². The molecule has 1 fully saturated rings. The molecule has 0 unspecified atom stereocenters. The largest absolute Gasteiger partial charge is 0.396 e. The first kappa shape index (κ1) is 24.1. The number of hydrogen-bond donors (Lipinski definition) is 3. The van der Waals surface area contributed by atoms with Gasteiger partial charge in [-0.2, -0.15) is 0 Å². The highest BCUT2D eigenvalue weighted by atomic mass is 127. The van der Waals surface area contributed by atoms with E-state index in [0.29, 0.717) is 25.6 Å². The molecule has 154 valence electrons. The van der Waals surface area contributed by atoms with E-state index < -0.39 is 11.6 Å². The highest BCUT2D eigenvalue weighted by Gasteiger charge is 2.31. The van der Waals surface area contributed by atoms with E-state index in [-0.39, 0.29) is 48.0 Å². The molecule has 1 aliphatic rings. The van der Waals surface area contributed by atoms with E-state index in [9.17, 15) is 13.9 Å². The van der Waals surface area contributed by atoms with Crippen molar-refractivity contribution in [2.75, 3.05) is 26.2 Å². The third-order valence-corrected chi connectivity index (χ3v) is 5.20. The smallest absolute Gasteiger partial charge is 0.191 e. The summed E-state index contributed by atoms with van der Waals surface area (Å²) in [7, 11) is 0. The summed E-state index contributed by atoms with van der Waals surface area (Å²) in [6, 6.07) is 3.93. The van der Waals surface area contributed by atoms with E-state index in [2.05, 4.69) is 10.6 Å². The van der Waals surface area contributed by atoms with Gasteiger partial charge in [0.05, 0.1) is 0 Å². The van der Waals surface area contributed by atoms with Gasteiger partial charge in [-0.25, -0.2) is 8.78 Å². The van der Waals surface area contributed by atoms with E-state index in [1.54, 1.807) is 0 Å². The molecule has 2 rings (SSSR count). The third kappa shape index (κ3) is 7.52. The Bertz CT molecular complexity index is 567. The number of benzene rings is 1. The molecule has 4 nitrogen and oxygen atoms in total. The van der Waals surface area contributed by atoms with Crippen LogP contribution in [-0.2, 0) is 6.42 Å². The average Bonchev–Trinajstić information content (AvgIpc) is 2.63. The van der Waals surface area contributed by atoms with Gasteiger partial charge in [0, 0.05) is 31.8 Å². The van der Waals surface area contributed by atoms with E-state index in [0.717, 1.165) is 19.3 Å². The standard InChI is InChI=1S/C20H31F2N3O.HI/c1-2-23-19(24-13-9-16-17(21)7-6-8-18(16)22)25-15-20(12-14-26)10-4-3-5-11-20;/h6-8,26H,2-5,9-15H2,1H3,(H2,23,24,25);1H. The van der Waals surface area contributed by atoms with Crippen LogP contribution in [0.5, 0.6) is 0 Å². The Morgan fingerprint density at radius 1 is 1.15 bits per heavy atom. The Morgan fingerprint density at radius 2 is 1.81 bits per heavy atom. The predicted molar refractivity (Wildman–Crippen MR) is 117 cm³/mol. The molecule has 0 amide bonds. The Balaban J connectivity index is 0.00000364. The van der Waals surface area contributed by atoms with E-state index in [1.807, 2.05) is 6.92 Å². The Kier molecular flexibility index (Phi) is 11.1. The summed E-state index contributed by atoms with van der Waals surface area (Å²) in [6.07, 6.45) is 6.84. The molecular weight excluding hydrogens is 463 g/mol. The first-order valence-corrected chi connectivity index (χ1v) is 9.66. The van der Waals surface area contributed by atoms with Crippen LogP contribution in [0.1, 0.15) is 51.0 Å². The monoisotopic (exact) mass is 495 g/mol. The van der Waals surface area contributed by atoms with Gasteiger partial charge in [-0.1, -0.05) is 25.3 Å². The highest BCUT2D eigenvalue weighted by Crippen LogP contribution is 2.39. The number of halogens is 3. The Labute approximate surface area is 178 Å². The fraction of sp³-hybridized carbons (Fsp3) is 0.650. The number of aliphatic imine (C=N–C) groups is 1. The van der Waals surface area contributed by atoms with Crippen molar-refractivity contribution in [3.8, 4) is 0 Å². The normalized spacial score (nSPS) is 16.5. The molecule has 7 heteroatoms. The summed E-state index contributed by atoms with van der Waals surface area (Å²) in [5, 5.41) is 15.8. The van der Waals surface area contributed by atoms with Crippen LogP contribution >= 0.6 is 24.0 Å². The Hall–Kier alpha value is -0.960. The number of hydrogen-bond acceptors (Lipinski definition) is 2. The summed E-state index contributed by atoms with van der Waals surface area (Å²) in [5.74, 6) is -0.372. The molecule has 0 aliphatic heterocycles. The van der Waals surface area contributed by atoms with Crippen molar-refractivity contribution in [3.05, 3.63) is 35.4 Å². The summed E-state index contributed by atoms with van der Waals surface area (Å²) < 4.78 is 27.4. The number of aliphatic hydroxyl groups excluding tert-OH is 1. The number of rotatable bonds is 8. The lowest BCUT2D eigenvalue weighted by molar-refractivity contribution is 0.137. The van der Waals surface area contributed by atoms with Gasteiger partial charge < -0.3 is 15.7 Å². The van der Waals surface area contributed by atoms with Gasteiger partial charge in [0.1, 0.15) is 11.6 Å². The maximum atomic E-state index is 13.7. The van der Waals surface area contributed by atoms with Crippen LogP contribution in [-0.4, -0.2) is 37.3 Å². The van der Waals surface area contributed by atoms with Gasteiger partial charge in [-0.3, -0.25) is 4.99 Å². The first-order valence-electron chi connectivity index (χ1n) is 9.66. The van der Waals surface area contributed by atoms with Gasteiger partial charge >= 0.3 is 0 Å². The van der Waals surface area contributed by atoms with E-state index >= 15 is 0 Å². The molecular formula is C20H32F2IN3O. The van der Waals surface area contributed by atoms with Crippen LogP contribution in [0.4, 0.5) is 8.78 Å². The third-order valence-electron chi connectivity index (χ3n) is 5.20. The molecule has 0 saturated heterocycles. The lowest BCUT2D eigenvalue weighted by Gasteiger charge is -2.35. The second-order valence-electron chi connectivity index (χ2n) is 7.11. The minimum Gasteiger partial charge on any atom is -0.396 e. The lowest BCUT2D eigenvalue weighted by atomic mass is 9.72. The van der Waals surface area contributed by atoms with E-state index in [1.165, 1.54) is 37.5 Å². The molecule has 0 atom stereocenters. The molecule has 1 aromatic carbocycles.